The fourth-order valence-electron chi connectivity index (χ4n) is 3.84. The molecule has 1 amide bonds. The molecule has 154 valence electrons. The van der Waals surface area contributed by atoms with Gasteiger partial charge in [0.1, 0.15) is 17.9 Å². The van der Waals surface area contributed by atoms with Crippen LogP contribution < -0.4 is 0 Å². The summed E-state index contributed by atoms with van der Waals surface area (Å²) >= 11 is 0. The number of rotatable bonds is 4. The first-order chi connectivity index (χ1) is 15.1. The Hall–Kier alpha value is -3.87. The number of carbonyl (C=O) groups is 1. The van der Waals surface area contributed by atoms with E-state index < -0.39 is 0 Å². The topological polar surface area (TPSA) is 63.4 Å². The molecule has 1 unspecified atom stereocenters. The van der Waals surface area contributed by atoms with Gasteiger partial charge >= 0.3 is 0 Å². The molecule has 0 bridgehead atoms. The number of halogens is 1. The highest BCUT2D eigenvalue weighted by Crippen LogP contribution is 2.33. The first-order valence-electron chi connectivity index (χ1n) is 10.1. The van der Waals surface area contributed by atoms with Gasteiger partial charge in [-0.1, -0.05) is 59.3 Å². The zero-order valence-corrected chi connectivity index (χ0v) is 16.9. The number of amides is 1. The molecule has 1 atom stereocenters. The molecule has 0 saturated heterocycles. The minimum Gasteiger partial charge on any atom is -0.271 e. The van der Waals surface area contributed by atoms with E-state index >= 15 is 0 Å². The van der Waals surface area contributed by atoms with Crippen LogP contribution in [0.25, 0.3) is 11.0 Å². The van der Waals surface area contributed by atoms with Crippen LogP contribution in [0.1, 0.15) is 29.2 Å². The number of carbonyl (C=O) groups excluding carboxylic acids is 1. The zero-order chi connectivity index (χ0) is 21.4. The van der Waals surface area contributed by atoms with Crippen molar-refractivity contribution in [2.24, 2.45) is 5.10 Å². The molecule has 1 aromatic heterocycles. The Balaban J connectivity index is 1.48. The number of aryl methyl sites for hydroxylation is 1. The summed E-state index contributed by atoms with van der Waals surface area (Å²) < 4.78 is 15.1. The third kappa shape index (κ3) is 3.70. The molecule has 4 aromatic rings. The molecular weight excluding hydrogens is 393 g/mol. The number of para-hydroxylation sites is 1. The lowest BCUT2D eigenvalue weighted by Gasteiger charge is -2.22. The van der Waals surface area contributed by atoms with Gasteiger partial charge in [0.25, 0.3) is 5.91 Å². The van der Waals surface area contributed by atoms with Crippen molar-refractivity contribution >= 4 is 22.7 Å². The van der Waals surface area contributed by atoms with Gasteiger partial charge in [-0.2, -0.15) is 5.10 Å². The lowest BCUT2D eigenvalue weighted by atomic mass is 9.98. The molecular formula is C24H20FN5O. The van der Waals surface area contributed by atoms with E-state index in [1.807, 2.05) is 55.5 Å². The highest BCUT2D eigenvalue weighted by molar-refractivity contribution is 6.03. The van der Waals surface area contributed by atoms with Crippen LogP contribution in [0, 0.1) is 12.7 Å². The van der Waals surface area contributed by atoms with Crippen molar-refractivity contribution in [3.05, 3.63) is 95.3 Å². The lowest BCUT2D eigenvalue weighted by molar-refractivity contribution is -0.133. The molecule has 6 nitrogen and oxygen atoms in total. The van der Waals surface area contributed by atoms with E-state index in [0.717, 1.165) is 33.4 Å². The summed E-state index contributed by atoms with van der Waals surface area (Å²) in [6, 6.07) is 21.5. The van der Waals surface area contributed by atoms with Crippen molar-refractivity contribution < 1.29 is 9.18 Å². The number of hydrogen-bond donors (Lipinski definition) is 0. The molecule has 5 rings (SSSR count). The predicted octanol–water partition coefficient (Wildman–Crippen LogP) is 4.26. The maximum Gasteiger partial charge on any atom is 0.265 e. The molecule has 0 fully saturated rings. The number of benzene rings is 3. The molecule has 31 heavy (non-hydrogen) atoms. The van der Waals surface area contributed by atoms with E-state index in [0.29, 0.717) is 6.42 Å². The summed E-state index contributed by atoms with van der Waals surface area (Å²) in [6.45, 7) is 2.04. The molecule has 0 radical (unpaired) electrons. The minimum atomic E-state index is -0.312. The Morgan fingerprint density at radius 3 is 2.55 bits per heavy atom. The van der Waals surface area contributed by atoms with Gasteiger partial charge in [0.05, 0.1) is 17.3 Å². The summed E-state index contributed by atoms with van der Waals surface area (Å²) in [5, 5.41) is 14.4. The van der Waals surface area contributed by atoms with Crippen molar-refractivity contribution in [2.45, 2.75) is 25.9 Å². The smallest absolute Gasteiger partial charge is 0.265 e. The van der Waals surface area contributed by atoms with Gasteiger partial charge in [-0.15, -0.1) is 5.10 Å². The first kappa shape index (κ1) is 19.1. The summed E-state index contributed by atoms with van der Waals surface area (Å²) in [6.07, 6.45) is 0.554. The molecule has 3 aromatic carbocycles. The van der Waals surface area contributed by atoms with Gasteiger partial charge in [-0.3, -0.25) is 4.79 Å². The first-order valence-corrected chi connectivity index (χ1v) is 10.1. The summed E-state index contributed by atoms with van der Waals surface area (Å²) in [5.41, 5.74) is 5.31. The molecule has 1 aliphatic rings. The molecule has 1 aliphatic heterocycles. The molecule has 0 aliphatic carbocycles. The molecule has 0 saturated carbocycles. The van der Waals surface area contributed by atoms with Crippen molar-refractivity contribution in [1.29, 1.82) is 0 Å². The number of hydrazone groups is 1. The number of aromatic nitrogens is 3. The number of fused-ring (bicyclic) bond motifs is 1. The third-order valence-corrected chi connectivity index (χ3v) is 5.51. The monoisotopic (exact) mass is 413 g/mol. The standard InChI is InChI=1S/C24H20FN5O/c1-16-6-8-17(9-7-16)21-14-23(18-10-12-19(25)13-11-18)30(27-21)24(31)15-29-22-5-3-2-4-20(22)26-28-29/h2-13,23H,14-15H2,1H3. The third-order valence-electron chi connectivity index (χ3n) is 5.51. The second kappa shape index (κ2) is 7.75. The van der Waals surface area contributed by atoms with E-state index in [1.165, 1.54) is 17.1 Å². The summed E-state index contributed by atoms with van der Waals surface area (Å²) in [4.78, 5) is 13.3. The van der Waals surface area contributed by atoms with Gasteiger partial charge in [0, 0.05) is 6.42 Å². The highest BCUT2D eigenvalue weighted by Gasteiger charge is 2.33. The fourth-order valence-corrected chi connectivity index (χ4v) is 3.84. The van der Waals surface area contributed by atoms with Crippen LogP contribution in [0.5, 0.6) is 0 Å². The van der Waals surface area contributed by atoms with Crippen LogP contribution in [0.3, 0.4) is 0 Å². The Morgan fingerprint density at radius 2 is 1.77 bits per heavy atom. The fraction of sp³-hybridized carbons (Fsp3) is 0.167. The average molecular weight is 413 g/mol. The Labute approximate surface area is 178 Å². The van der Waals surface area contributed by atoms with Crippen LogP contribution in [-0.2, 0) is 11.3 Å². The van der Waals surface area contributed by atoms with Crippen LogP contribution in [0.15, 0.2) is 77.9 Å². The zero-order valence-electron chi connectivity index (χ0n) is 16.9. The van der Waals surface area contributed by atoms with Crippen LogP contribution in [-0.4, -0.2) is 31.6 Å². The minimum absolute atomic E-state index is 0.0168. The van der Waals surface area contributed by atoms with Crippen molar-refractivity contribution in [3.63, 3.8) is 0 Å². The lowest BCUT2D eigenvalue weighted by Crippen LogP contribution is -2.30. The predicted molar refractivity (Wildman–Crippen MR) is 116 cm³/mol. The van der Waals surface area contributed by atoms with E-state index in [2.05, 4.69) is 15.4 Å². The molecule has 2 heterocycles. The van der Waals surface area contributed by atoms with E-state index in [4.69, 9.17) is 0 Å². The van der Waals surface area contributed by atoms with Gasteiger partial charge in [-0.05, 0) is 42.3 Å². The van der Waals surface area contributed by atoms with Gasteiger partial charge < -0.3 is 0 Å². The Kier molecular flexibility index (Phi) is 4.78. The van der Waals surface area contributed by atoms with Crippen LogP contribution in [0.2, 0.25) is 0 Å². The molecule has 7 heteroatoms. The van der Waals surface area contributed by atoms with Crippen molar-refractivity contribution in [3.8, 4) is 0 Å². The second-order valence-corrected chi connectivity index (χ2v) is 7.66. The highest BCUT2D eigenvalue weighted by atomic mass is 19.1. The molecule has 0 spiro atoms. The number of hydrogen-bond acceptors (Lipinski definition) is 4. The van der Waals surface area contributed by atoms with E-state index in [-0.39, 0.29) is 24.3 Å². The maximum absolute atomic E-state index is 13.5. The van der Waals surface area contributed by atoms with Gasteiger partial charge in [-0.25, -0.2) is 14.1 Å². The van der Waals surface area contributed by atoms with E-state index in [9.17, 15) is 9.18 Å². The Morgan fingerprint density at radius 1 is 1.03 bits per heavy atom. The van der Waals surface area contributed by atoms with Gasteiger partial charge in [0.15, 0.2) is 0 Å². The van der Waals surface area contributed by atoms with Crippen molar-refractivity contribution in [2.75, 3.05) is 0 Å². The normalized spacial score (nSPS) is 16.0. The second-order valence-electron chi connectivity index (χ2n) is 7.66. The largest absolute Gasteiger partial charge is 0.271 e. The summed E-state index contributed by atoms with van der Waals surface area (Å²) in [5.74, 6) is -0.513. The van der Waals surface area contributed by atoms with Crippen LogP contribution >= 0.6 is 0 Å². The van der Waals surface area contributed by atoms with Gasteiger partial charge in [0.2, 0.25) is 0 Å². The SMILES string of the molecule is Cc1ccc(C2=NN(C(=O)Cn3nnc4ccccc43)C(c3ccc(F)cc3)C2)cc1. The average Bonchev–Trinajstić information content (AvgIpc) is 3.40. The van der Waals surface area contributed by atoms with E-state index in [1.54, 1.807) is 16.8 Å². The number of nitrogens with zero attached hydrogens (tertiary/aromatic N) is 5. The van der Waals surface area contributed by atoms with Crippen molar-refractivity contribution in [1.82, 2.24) is 20.0 Å². The molecule has 0 N–H and O–H groups in total. The maximum atomic E-state index is 13.5. The summed E-state index contributed by atoms with van der Waals surface area (Å²) in [7, 11) is 0. The Bertz CT molecular complexity index is 1280. The quantitative estimate of drug-likeness (QED) is 0.502. The van der Waals surface area contributed by atoms with Crippen LogP contribution in [0.4, 0.5) is 4.39 Å².